The summed E-state index contributed by atoms with van der Waals surface area (Å²) < 4.78 is 15.2. The molecule has 1 aliphatic heterocycles. The van der Waals surface area contributed by atoms with Gasteiger partial charge < -0.3 is 14.2 Å². The summed E-state index contributed by atoms with van der Waals surface area (Å²) in [5, 5.41) is 0.462. The highest BCUT2D eigenvalue weighted by molar-refractivity contribution is 8.08. The van der Waals surface area contributed by atoms with E-state index in [1.165, 1.54) is 20.3 Å². The van der Waals surface area contributed by atoms with E-state index in [-0.39, 0.29) is 10.7 Å². The second-order valence-electron chi connectivity index (χ2n) is 4.29. The summed E-state index contributed by atoms with van der Waals surface area (Å²) in [4.78, 5) is 24.1. The number of benzene rings is 1. The van der Waals surface area contributed by atoms with Gasteiger partial charge in [0.05, 0.1) is 31.3 Å². The Bertz CT molecular complexity index is 643. The molecular weight excluding hydrogens is 304 g/mol. The zero-order chi connectivity index (χ0) is 16.1. The van der Waals surface area contributed by atoms with Gasteiger partial charge in [-0.15, -0.1) is 0 Å². The molecule has 0 bridgehead atoms. The fourth-order valence-electron chi connectivity index (χ4n) is 1.95. The summed E-state index contributed by atoms with van der Waals surface area (Å²) in [5.41, 5.74) is 1.15. The number of hydrogen-bond acceptors (Lipinski definition) is 6. The molecule has 0 spiro atoms. The van der Waals surface area contributed by atoms with E-state index in [9.17, 15) is 9.59 Å². The third-order valence-corrected chi connectivity index (χ3v) is 4.03. The van der Waals surface area contributed by atoms with E-state index in [0.717, 1.165) is 17.5 Å². The molecule has 0 atom stereocenters. The van der Waals surface area contributed by atoms with Gasteiger partial charge in [-0.3, -0.25) is 4.79 Å². The normalized spacial score (nSPS) is 16.1. The largest absolute Gasteiger partial charge is 0.494 e. The summed E-state index contributed by atoms with van der Waals surface area (Å²) >= 11 is 1.12. The average Bonchev–Trinajstić information content (AvgIpc) is 2.84. The van der Waals surface area contributed by atoms with E-state index in [0.29, 0.717) is 22.8 Å². The molecule has 2 rings (SSSR count). The van der Waals surface area contributed by atoms with Crippen LogP contribution in [0.25, 0.3) is 5.57 Å². The third-order valence-electron chi connectivity index (χ3n) is 2.95. The molecule has 0 aliphatic carbocycles. The lowest BCUT2D eigenvalue weighted by Gasteiger charge is -2.06. The minimum absolute atomic E-state index is 0.253. The summed E-state index contributed by atoms with van der Waals surface area (Å²) in [7, 11) is 2.76. The van der Waals surface area contributed by atoms with Gasteiger partial charge in [0.2, 0.25) is 5.78 Å². The van der Waals surface area contributed by atoms with Crippen molar-refractivity contribution < 1.29 is 23.8 Å². The smallest absolute Gasteiger partial charge is 0.331 e. The summed E-state index contributed by atoms with van der Waals surface area (Å²) in [5.74, 6) is -0.0927. The maximum atomic E-state index is 12.5. The first-order valence-electron chi connectivity index (χ1n) is 6.64. The first-order valence-corrected chi connectivity index (χ1v) is 7.46. The number of ketones is 1. The van der Waals surface area contributed by atoms with E-state index in [1.807, 2.05) is 6.92 Å². The Balaban J connectivity index is 2.33. The maximum absolute atomic E-state index is 12.5. The molecule has 0 saturated carbocycles. The van der Waals surface area contributed by atoms with Gasteiger partial charge in [-0.1, -0.05) is 12.1 Å². The third kappa shape index (κ3) is 3.33. The Kier molecular flexibility index (Phi) is 5.27. The van der Waals surface area contributed by atoms with Gasteiger partial charge in [0, 0.05) is 6.08 Å². The number of allylic oxidation sites excluding steroid dienone is 2. The van der Waals surface area contributed by atoms with Gasteiger partial charge in [0.25, 0.3) is 0 Å². The zero-order valence-corrected chi connectivity index (χ0v) is 13.4. The van der Waals surface area contributed by atoms with Crippen LogP contribution in [0.15, 0.2) is 40.3 Å². The molecular formula is C16H16O5S. The van der Waals surface area contributed by atoms with Crippen LogP contribution in [0.3, 0.4) is 0 Å². The van der Waals surface area contributed by atoms with Crippen molar-refractivity contribution in [1.82, 2.24) is 0 Å². The molecule has 1 aromatic carbocycles. The molecule has 22 heavy (non-hydrogen) atoms. The monoisotopic (exact) mass is 320 g/mol. The van der Waals surface area contributed by atoms with Gasteiger partial charge in [0.1, 0.15) is 5.75 Å². The van der Waals surface area contributed by atoms with Gasteiger partial charge >= 0.3 is 5.97 Å². The first-order chi connectivity index (χ1) is 10.6. The first kappa shape index (κ1) is 16.2. The minimum Gasteiger partial charge on any atom is -0.494 e. The summed E-state index contributed by atoms with van der Waals surface area (Å²) in [6.45, 7) is 2.48. The lowest BCUT2D eigenvalue weighted by Crippen LogP contribution is -2.03. The average molecular weight is 320 g/mol. The number of methoxy groups -OCH3 is 2. The van der Waals surface area contributed by atoms with E-state index >= 15 is 0 Å². The van der Waals surface area contributed by atoms with Crippen molar-refractivity contribution >= 4 is 29.1 Å². The van der Waals surface area contributed by atoms with Crippen molar-refractivity contribution in [3.8, 4) is 5.75 Å². The van der Waals surface area contributed by atoms with Crippen LogP contribution in [0.1, 0.15) is 12.5 Å². The lowest BCUT2D eigenvalue weighted by molar-refractivity contribution is -0.135. The number of ether oxygens (including phenoxy) is 3. The van der Waals surface area contributed by atoms with Crippen molar-refractivity contribution in [2.75, 3.05) is 20.8 Å². The second-order valence-corrected chi connectivity index (χ2v) is 5.30. The molecule has 0 N–H and O–H groups in total. The molecule has 0 fully saturated rings. The van der Waals surface area contributed by atoms with Gasteiger partial charge in [-0.2, -0.15) is 0 Å². The van der Waals surface area contributed by atoms with E-state index in [4.69, 9.17) is 9.47 Å². The van der Waals surface area contributed by atoms with Crippen LogP contribution >= 0.6 is 11.8 Å². The second kappa shape index (κ2) is 7.17. The molecule has 0 aromatic heterocycles. The van der Waals surface area contributed by atoms with Crippen LogP contribution in [0.2, 0.25) is 0 Å². The van der Waals surface area contributed by atoms with Gasteiger partial charge in [-0.05, 0) is 36.4 Å². The van der Waals surface area contributed by atoms with Crippen molar-refractivity contribution in [1.29, 1.82) is 0 Å². The maximum Gasteiger partial charge on any atom is 0.331 e. The van der Waals surface area contributed by atoms with Crippen LogP contribution in [0.4, 0.5) is 0 Å². The van der Waals surface area contributed by atoms with E-state index in [1.54, 1.807) is 24.3 Å². The highest BCUT2D eigenvalue weighted by atomic mass is 32.2. The number of hydrogen-bond donors (Lipinski definition) is 0. The Morgan fingerprint density at radius 1 is 1.23 bits per heavy atom. The predicted molar refractivity (Wildman–Crippen MR) is 84.2 cm³/mol. The molecule has 116 valence electrons. The standard InChI is InChI=1S/C16H16O5S/c1-4-21-11-7-5-10(6-8-11)14-15(18)12(9-13(17)19-2)22-16(14)20-3/h5-9H,4H2,1-3H3. The van der Waals surface area contributed by atoms with Crippen LogP contribution in [-0.4, -0.2) is 32.6 Å². The Morgan fingerprint density at radius 2 is 1.91 bits per heavy atom. The van der Waals surface area contributed by atoms with Crippen molar-refractivity contribution in [3.05, 3.63) is 45.9 Å². The lowest BCUT2D eigenvalue weighted by atomic mass is 10.0. The van der Waals surface area contributed by atoms with Crippen LogP contribution in [0.5, 0.6) is 5.75 Å². The quantitative estimate of drug-likeness (QED) is 0.614. The molecule has 6 heteroatoms. The molecule has 0 saturated heterocycles. The molecule has 0 radical (unpaired) electrons. The van der Waals surface area contributed by atoms with Crippen LogP contribution in [0, 0.1) is 0 Å². The highest BCUT2D eigenvalue weighted by Gasteiger charge is 2.32. The number of Topliss-reactive ketones (excluding diaryl/α,β-unsaturated/α-hetero) is 1. The number of carbonyl (C=O) groups is 2. The van der Waals surface area contributed by atoms with Gasteiger partial charge in [-0.25, -0.2) is 4.79 Å². The van der Waals surface area contributed by atoms with E-state index < -0.39 is 5.97 Å². The molecule has 1 aliphatic rings. The summed E-state index contributed by atoms with van der Waals surface area (Å²) in [6.07, 6.45) is 1.17. The van der Waals surface area contributed by atoms with Crippen molar-refractivity contribution in [2.24, 2.45) is 0 Å². The number of esters is 1. The van der Waals surface area contributed by atoms with Crippen LogP contribution in [-0.2, 0) is 19.1 Å². The summed E-state index contributed by atoms with van der Waals surface area (Å²) in [6, 6.07) is 7.16. The van der Waals surface area contributed by atoms with E-state index in [2.05, 4.69) is 4.74 Å². The van der Waals surface area contributed by atoms with Crippen LogP contribution < -0.4 is 4.74 Å². The molecule has 0 unspecified atom stereocenters. The fraction of sp³-hybridized carbons (Fsp3) is 0.250. The number of rotatable bonds is 5. The Labute approximate surface area is 132 Å². The van der Waals surface area contributed by atoms with Crippen molar-refractivity contribution in [2.45, 2.75) is 6.92 Å². The Morgan fingerprint density at radius 3 is 2.45 bits per heavy atom. The molecule has 1 heterocycles. The fourth-order valence-corrected chi connectivity index (χ4v) is 2.90. The van der Waals surface area contributed by atoms with Crippen molar-refractivity contribution in [3.63, 3.8) is 0 Å². The topological polar surface area (TPSA) is 61.8 Å². The zero-order valence-electron chi connectivity index (χ0n) is 12.5. The number of carbonyl (C=O) groups excluding carboxylic acids is 2. The molecule has 1 aromatic rings. The Hall–Kier alpha value is -2.21. The SMILES string of the molecule is CCOc1ccc(C2=C(OC)SC(=CC(=O)OC)C2=O)cc1. The van der Waals surface area contributed by atoms with Gasteiger partial charge in [0.15, 0.2) is 5.09 Å². The highest BCUT2D eigenvalue weighted by Crippen LogP contribution is 2.43. The minimum atomic E-state index is -0.570. The molecule has 5 nitrogen and oxygen atoms in total. The number of thioether (sulfide) groups is 1. The molecule has 0 amide bonds. The predicted octanol–water partition coefficient (Wildman–Crippen LogP) is 2.77.